The topological polar surface area (TPSA) is 112 Å². The van der Waals surface area contributed by atoms with Gasteiger partial charge in [-0.05, 0) is 31.2 Å². The van der Waals surface area contributed by atoms with E-state index in [1.807, 2.05) is 0 Å². The van der Waals surface area contributed by atoms with Gasteiger partial charge in [0.15, 0.2) is 5.43 Å². The van der Waals surface area contributed by atoms with Gasteiger partial charge in [0.25, 0.3) is 0 Å². The average Bonchev–Trinajstić information content (AvgIpc) is 2.54. The summed E-state index contributed by atoms with van der Waals surface area (Å²) in [6.07, 6.45) is -0.671. The van der Waals surface area contributed by atoms with Crippen LogP contribution in [0.3, 0.4) is 0 Å². The lowest BCUT2D eigenvalue weighted by atomic mass is 10.1. The normalized spacial score (nSPS) is 10.6. The lowest BCUT2D eigenvalue weighted by Gasteiger charge is -2.13. The molecule has 2 aromatic carbocycles. The van der Waals surface area contributed by atoms with Crippen molar-refractivity contribution in [1.82, 2.24) is 4.98 Å². The largest absolute Gasteiger partial charge is 0.508 e. The zero-order valence-electron chi connectivity index (χ0n) is 13.4. The maximum absolute atomic E-state index is 12.3. The molecule has 0 aliphatic rings. The number of phenols is 2. The van der Waals surface area contributed by atoms with Crippen molar-refractivity contribution < 1.29 is 19.7 Å². The number of aromatic hydroxyl groups is 2. The predicted octanol–water partition coefficient (Wildman–Crippen LogP) is 3.17. The summed E-state index contributed by atoms with van der Waals surface area (Å²) < 4.78 is 4.85. The van der Waals surface area contributed by atoms with Gasteiger partial charge in [-0.25, -0.2) is 4.79 Å². The summed E-state index contributed by atoms with van der Waals surface area (Å²) in [5.74, 6) is -0.119. The summed E-state index contributed by atoms with van der Waals surface area (Å²) in [6, 6.07) is 10.3. The molecule has 0 bridgehead atoms. The van der Waals surface area contributed by atoms with Crippen LogP contribution in [-0.4, -0.2) is 27.9 Å². The molecule has 25 heavy (non-hydrogen) atoms. The van der Waals surface area contributed by atoms with Crippen molar-refractivity contribution in [2.45, 2.75) is 6.92 Å². The van der Waals surface area contributed by atoms with Crippen molar-refractivity contribution in [3.05, 3.63) is 52.7 Å². The molecule has 7 heteroatoms. The van der Waals surface area contributed by atoms with Crippen LogP contribution >= 0.6 is 0 Å². The van der Waals surface area contributed by atoms with E-state index in [0.29, 0.717) is 16.6 Å². The van der Waals surface area contributed by atoms with Gasteiger partial charge in [0.1, 0.15) is 11.5 Å². The summed E-state index contributed by atoms with van der Waals surface area (Å²) in [4.78, 5) is 27.0. The van der Waals surface area contributed by atoms with Gasteiger partial charge in [-0.2, -0.15) is 0 Å². The smallest absolute Gasteiger partial charge is 0.411 e. The molecule has 0 aliphatic heterocycles. The third-order valence-electron chi connectivity index (χ3n) is 3.64. The molecule has 1 aromatic heterocycles. The van der Waals surface area contributed by atoms with E-state index in [4.69, 9.17) is 4.74 Å². The van der Waals surface area contributed by atoms with Gasteiger partial charge in [0.05, 0.1) is 29.1 Å². The van der Waals surface area contributed by atoms with E-state index < -0.39 is 6.09 Å². The summed E-state index contributed by atoms with van der Waals surface area (Å²) >= 11 is 0. The van der Waals surface area contributed by atoms with Crippen LogP contribution in [0.15, 0.2) is 47.3 Å². The Morgan fingerprint density at radius 1 is 1.20 bits per heavy atom. The standard InChI is InChI=1S/C18H16N2O5/c1-2-25-18(24)20-12-4-3-5-15(22)17(12)14-9-16(23)11-7-6-10(21)8-13(11)19-14/h3-9,21-22H,2H2,1H3,(H,19,23)(H,20,24). The Morgan fingerprint density at radius 3 is 2.76 bits per heavy atom. The summed E-state index contributed by atoms with van der Waals surface area (Å²) in [6.45, 7) is 1.88. The maximum Gasteiger partial charge on any atom is 0.411 e. The lowest BCUT2D eigenvalue weighted by molar-refractivity contribution is 0.168. The highest BCUT2D eigenvalue weighted by Crippen LogP contribution is 2.35. The molecule has 0 spiro atoms. The number of fused-ring (bicyclic) bond motifs is 1. The number of carbonyl (C=O) groups is 1. The molecule has 0 saturated carbocycles. The van der Waals surface area contributed by atoms with E-state index in [-0.39, 0.29) is 34.8 Å². The quantitative estimate of drug-likeness (QED) is 0.585. The minimum absolute atomic E-state index is 0.00227. The molecule has 0 aliphatic carbocycles. The van der Waals surface area contributed by atoms with Crippen LogP contribution in [0.4, 0.5) is 10.5 Å². The minimum Gasteiger partial charge on any atom is -0.508 e. The maximum atomic E-state index is 12.3. The van der Waals surface area contributed by atoms with E-state index in [0.717, 1.165) is 0 Å². The van der Waals surface area contributed by atoms with E-state index in [9.17, 15) is 19.8 Å². The SMILES string of the molecule is CCOC(=O)Nc1cccc(O)c1-c1cc(=O)c2ccc(O)cc2[nH]1. The van der Waals surface area contributed by atoms with Crippen molar-refractivity contribution in [3.63, 3.8) is 0 Å². The molecule has 128 valence electrons. The Hall–Kier alpha value is -3.48. The molecule has 3 aromatic rings. The van der Waals surface area contributed by atoms with Gasteiger partial charge in [0, 0.05) is 17.5 Å². The molecular weight excluding hydrogens is 324 g/mol. The van der Waals surface area contributed by atoms with Gasteiger partial charge >= 0.3 is 6.09 Å². The van der Waals surface area contributed by atoms with Gasteiger partial charge in [0.2, 0.25) is 0 Å². The average molecular weight is 340 g/mol. The number of ether oxygens (including phenoxy) is 1. The Labute approximate surface area is 142 Å². The third kappa shape index (κ3) is 3.25. The van der Waals surface area contributed by atoms with Crippen LogP contribution in [0.25, 0.3) is 22.2 Å². The highest BCUT2D eigenvalue weighted by atomic mass is 16.5. The van der Waals surface area contributed by atoms with Crippen molar-refractivity contribution in [2.24, 2.45) is 0 Å². The van der Waals surface area contributed by atoms with Crippen LogP contribution in [0.5, 0.6) is 11.5 Å². The monoisotopic (exact) mass is 340 g/mol. The Morgan fingerprint density at radius 2 is 2.00 bits per heavy atom. The minimum atomic E-state index is -0.671. The lowest BCUT2D eigenvalue weighted by Crippen LogP contribution is -2.14. The molecular formula is C18H16N2O5. The molecule has 0 fully saturated rings. The molecule has 0 atom stereocenters. The Bertz CT molecular complexity index is 1010. The van der Waals surface area contributed by atoms with Crippen LogP contribution in [-0.2, 0) is 4.74 Å². The van der Waals surface area contributed by atoms with Crippen LogP contribution in [0, 0.1) is 0 Å². The van der Waals surface area contributed by atoms with E-state index in [2.05, 4.69) is 10.3 Å². The van der Waals surface area contributed by atoms with Crippen molar-refractivity contribution in [2.75, 3.05) is 11.9 Å². The number of H-pyrrole nitrogens is 1. The summed E-state index contributed by atoms with van der Waals surface area (Å²) in [5, 5.41) is 22.8. The van der Waals surface area contributed by atoms with Crippen molar-refractivity contribution in [3.8, 4) is 22.8 Å². The van der Waals surface area contributed by atoms with Gasteiger partial charge < -0.3 is 19.9 Å². The van der Waals surface area contributed by atoms with Crippen LogP contribution < -0.4 is 10.7 Å². The van der Waals surface area contributed by atoms with Gasteiger partial charge in [-0.15, -0.1) is 0 Å². The number of phenolic OH excluding ortho intramolecular Hbond substituents is 2. The first-order valence-electron chi connectivity index (χ1n) is 7.61. The summed E-state index contributed by atoms with van der Waals surface area (Å²) in [7, 11) is 0. The van der Waals surface area contributed by atoms with E-state index in [1.54, 1.807) is 19.1 Å². The fourth-order valence-corrected chi connectivity index (χ4v) is 2.58. The number of nitrogens with one attached hydrogen (secondary N) is 2. The highest BCUT2D eigenvalue weighted by molar-refractivity contribution is 5.94. The fraction of sp³-hybridized carbons (Fsp3) is 0.111. The number of aromatic nitrogens is 1. The molecule has 0 unspecified atom stereocenters. The molecule has 1 amide bonds. The molecule has 7 nitrogen and oxygen atoms in total. The van der Waals surface area contributed by atoms with Crippen molar-refractivity contribution >= 4 is 22.7 Å². The van der Waals surface area contributed by atoms with Crippen molar-refractivity contribution in [1.29, 1.82) is 0 Å². The van der Waals surface area contributed by atoms with Gasteiger partial charge in [-0.1, -0.05) is 6.07 Å². The second-order valence-electron chi connectivity index (χ2n) is 5.32. The molecule has 3 rings (SSSR count). The zero-order chi connectivity index (χ0) is 18.0. The number of amides is 1. The molecule has 1 heterocycles. The number of anilines is 1. The number of benzene rings is 2. The molecule has 0 saturated heterocycles. The first-order chi connectivity index (χ1) is 12.0. The number of hydrogen-bond acceptors (Lipinski definition) is 5. The molecule has 4 N–H and O–H groups in total. The highest BCUT2D eigenvalue weighted by Gasteiger charge is 2.15. The van der Waals surface area contributed by atoms with E-state index in [1.165, 1.54) is 30.3 Å². The van der Waals surface area contributed by atoms with Crippen LogP contribution in [0.1, 0.15) is 6.92 Å². The number of carbonyl (C=O) groups excluding carboxylic acids is 1. The Kier molecular flexibility index (Phi) is 4.30. The third-order valence-corrected chi connectivity index (χ3v) is 3.64. The van der Waals surface area contributed by atoms with Crippen LogP contribution in [0.2, 0.25) is 0 Å². The number of hydrogen-bond donors (Lipinski definition) is 4. The number of aromatic amines is 1. The summed E-state index contributed by atoms with van der Waals surface area (Å²) in [5.41, 5.74) is 0.960. The zero-order valence-corrected chi connectivity index (χ0v) is 13.4. The first-order valence-corrected chi connectivity index (χ1v) is 7.61. The first kappa shape index (κ1) is 16.4. The predicted molar refractivity (Wildman–Crippen MR) is 94.0 cm³/mol. The number of pyridine rings is 1. The molecule has 0 radical (unpaired) electrons. The second kappa shape index (κ2) is 6.56. The second-order valence-corrected chi connectivity index (χ2v) is 5.32. The van der Waals surface area contributed by atoms with Gasteiger partial charge in [-0.3, -0.25) is 10.1 Å². The number of rotatable bonds is 3. The fourth-order valence-electron chi connectivity index (χ4n) is 2.58. The van der Waals surface area contributed by atoms with E-state index >= 15 is 0 Å². The Balaban J connectivity index is 2.17.